The third-order valence-electron chi connectivity index (χ3n) is 1.57. The number of hydrogen-bond acceptors (Lipinski definition) is 3. The number of carbonyl (C=O) groups excluding carboxylic acids is 1. The lowest BCUT2D eigenvalue weighted by atomic mass is 10.1. The highest BCUT2D eigenvalue weighted by Gasteiger charge is 2.15. The Balaban J connectivity index is 3.61. The van der Waals surface area contributed by atoms with E-state index >= 15 is 0 Å². The van der Waals surface area contributed by atoms with Crippen molar-refractivity contribution in [2.24, 2.45) is 5.73 Å². The second-order valence-electron chi connectivity index (χ2n) is 2.79. The topological polar surface area (TPSA) is 80.4 Å². The molecule has 4 heteroatoms. The fourth-order valence-electron chi connectivity index (χ4n) is 0.809. The van der Waals surface area contributed by atoms with Crippen molar-refractivity contribution >= 4 is 11.8 Å². The number of rotatable bonds is 6. The molecule has 70 valence electrons. The van der Waals surface area contributed by atoms with E-state index in [1.807, 2.05) is 6.92 Å². The molecule has 0 rings (SSSR count). The third kappa shape index (κ3) is 4.85. The number of carbonyl (C=O) groups is 2. The highest BCUT2D eigenvalue weighted by molar-refractivity contribution is 5.85. The van der Waals surface area contributed by atoms with E-state index in [0.717, 1.165) is 12.8 Å². The van der Waals surface area contributed by atoms with Gasteiger partial charge < -0.3 is 10.8 Å². The van der Waals surface area contributed by atoms with Gasteiger partial charge in [-0.2, -0.15) is 0 Å². The van der Waals surface area contributed by atoms with E-state index in [4.69, 9.17) is 10.8 Å². The number of nitrogens with two attached hydrogens (primary N) is 1. The summed E-state index contributed by atoms with van der Waals surface area (Å²) in [6, 6.07) is -1.03. The zero-order valence-corrected chi connectivity index (χ0v) is 7.25. The Hall–Kier alpha value is -0.900. The number of aliphatic carboxylic acids is 1. The first-order valence-electron chi connectivity index (χ1n) is 4.08. The molecule has 0 amide bonds. The van der Waals surface area contributed by atoms with Gasteiger partial charge in [0.15, 0.2) is 0 Å². The van der Waals surface area contributed by atoms with Crippen LogP contribution in [0, 0.1) is 0 Å². The molecular formula is C8H15NO3. The molecule has 0 radical (unpaired) electrons. The Bertz CT molecular complexity index is 168. The summed E-state index contributed by atoms with van der Waals surface area (Å²) in [6.45, 7) is 1.98. The van der Waals surface area contributed by atoms with E-state index in [9.17, 15) is 9.59 Å². The van der Waals surface area contributed by atoms with Crippen LogP contribution in [-0.4, -0.2) is 22.9 Å². The van der Waals surface area contributed by atoms with E-state index in [0.29, 0.717) is 6.42 Å². The summed E-state index contributed by atoms with van der Waals surface area (Å²) < 4.78 is 0. The molecule has 1 unspecified atom stereocenters. The van der Waals surface area contributed by atoms with Gasteiger partial charge in [-0.25, -0.2) is 0 Å². The van der Waals surface area contributed by atoms with Crippen molar-refractivity contribution in [1.29, 1.82) is 0 Å². The van der Waals surface area contributed by atoms with Crippen LogP contribution in [0.1, 0.15) is 32.6 Å². The Kier molecular flexibility index (Phi) is 5.28. The summed E-state index contributed by atoms with van der Waals surface area (Å²) in [6.07, 6.45) is 2.14. The van der Waals surface area contributed by atoms with E-state index in [1.165, 1.54) is 0 Å². The molecule has 0 saturated heterocycles. The van der Waals surface area contributed by atoms with E-state index in [2.05, 4.69) is 0 Å². The van der Waals surface area contributed by atoms with Gasteiger partial charge in [-0.1, -0.05) is 13.3 Å². The van der Waals surface area contributed by atoms with Crippen LogP contribution in [0.4, 0.5) is 0 Å². The summed E-state index contributed by atoms with van der Waals surface area (Å²) in [5.41, 5.74) is 5.17. The lowest BCUT2D eigenvalue weighted by Gasteiger charge is -2.03. The maximum absolute atomic E-state index is 11.0. The van der Waals surface area contributed by atoms with Crippen molar-refractivity contribution in [2.45, 2.75) is 38.6 Å². The maximum Gasteiger partial charge on any atom is 0.320 e. The van der Waals surface area contributed by atoms with Crippen molar-refractivity contribution in [3.05, 3.63) is 0 Å². The van der Waals surface area contributed by atoms with Gasteiger partial charge in [0, 0.05) is 12.8 Å². The number of ketones is 1. The minimum Gasteiger partial charge on any atom is -0.480 e. The number of Topliss-reactive ketones (excluding diaryl/α,β-unsaturated/α-hetero) is 1. The van der Waals surface area contributed by atoms with E-state index in [1.54, 1.807) is 0 Å². The maximum atomic E-state index is 11.0. The monoisotopic (exact) mass is 173 g/mol. The van der Waals surface area contributed by atoms with Gasteiger partial charge in [-0.05, 0) is 6.42 Å². The summed E-state index contributed by atoms with van der Waals surface area (Å²) in [4.78, 5) is 21.2. The Labute approximate surface area is 71.8 Å². The minimum absolute atomic E-state index is 0.0463. The molecule has 12 heavy (non-hydrogen) atoms. The second kappa shape index (κ2) is 5.71. The molecule has 0 heterocycles. The SMILES string of the molecule is CCCCC(=O)CC(N)C(=O)O. The smallest absolute Gasteiger partial charge is 0.320 e. The third-order valence-corrected chi connectivity index (χ3v) is 1.57. The van der Waals surface area contributed by atoms with E-state index in [-0.39, 0.29) is 12.2 Å². The quantitative estimate of drug-likeness (QED) is 0.614. The molecule has 0 aromatic carbocycles. The van der Waals surface area contributed by atoms with Gasteiger partial charge in [0.05, 0.1) is 0 Å². The van der Waals surface area contributed by atoms with Gasteiger partial charge in [0.2, 0.25) is 0 Å². The largest absolute Gasteiger partial charge is 0.480 e. The lowest BCUT2D eigenvalue weighted by molar-refractivity contribution is -0.140. The summed E-state index contributed by atoms with van der Waals surface area (Å²) >= 11 is 0. The van der Waals surface area contributed by atoms with Crippen LogP contribution in [0.2, 0.25) is 0 Å². The zero-order chi connectivity index (χ0) is 9.56. The first kappa shape index (κ1) is 11.1. The minimum atomic E-state index is -1.11. The highest BCUT2D eigenvalue weighted by Crippen LogP contribution is 2.00. The standard InChI is InChI=1S/C8H15NO3/c1-2-3-4-6(10)5-7(9)8(11)12/h7H,2-5,9H2,1H3,(H,11,12). The molecular weight excluding hydrogens is 158 g/mol. The van der Waals surface area contributed by atoms with Crippen LogP contribution >= 0.6 is 0 Å². The Morgan fingerprint density at radius 1 is 1.50 bits per heavy atom. The molecule has 0 spiro atoms. The summed E-state index contributed by atoms with van der Waals surface area (Å²) in [7, 11) is 0. The van der Waals surface area contributed by atoms with Gasteiger partial charge >= 0.3 is 5.97 Å². The van der Waals surface area contributed by atoms with Crippen LogP contribution in [0.25, 0.3) is 0 Å². The molecule has 0 aromatic rings. The summed E-state index contributed by atoms with van der Waals surface area (Å²) in [5, 5.41) is 8.38. The van der Waals surface area contributed by atoms with Crippen LogP contribution < -0.4 is 5.73 Å². The average Bonchev–Trinajstić information content (AvgIpc) is 2.00. The fraction of sp³-hybridized carbons (Fsp3) is 0.750. The number of carboxylic acid groups (broad SMARTS) is 1. The molecule has 0 aliphatic carbocycles. The predicted molar refractivity (Wildman–Crippen MR) is 44.8 cm³/mol. The normalized spacial score (nSPS) is 12.5. The molecule has 0 aliphatic rings. The van der Waals surface area contributed by atoms with Crippen LogP contribution in [-0.2, 0) is 9.59 Å². The molecule has 4 nitrogen and oxygen atoms in total. The molecule has 0 aromatic heterocycles. The van der Waals surface area contributed by atoms with Gasteiger partial charge in [0.25, 0.3) is 0 Å². The Morgan fingerprint density at radius 2 is 2.08 bits per heavy atom. The zero-order valence-electron chi connectivity index (χ0n) is 7.25. The van der Waals surface area contributed by atoms with Crippen LogP contribution in [0.5, 0.6) is 0 Å². The first-order valence-corrected chi connectivity index (χ1v) is 4.08. The number of hydrogen-bond donors (Lipinski definition) is 2. The Morgan fingerprint density at radius 3 is 2.50 bits per heavy atom. The molecule has 0 aliphatic heterocycles. The molecule has 0 bridgehead atoms. The van der Waals surface area contributed by atoms with Gasteiger partial charge in [0.1, 0.15) is 11.8 Å². The molecule has 0 saturated carbocycles. The van der Waals surface area contributed by atoms with Crippen molar-refractivity contribution < 1.29 is 14.7 Å². The number of carboxylic acids is 1. The van der Waals surface area contributed by atoms with Gasteiger partial charge in [-0.15, -0.1) is 0 Å². The molecule has 0 fully saturated rings. The lowest BCUT2D eigenvalue weighted by Crippen LogP contribution is -2.32. The van der Waals surface area contributed by atoms with Crippen LogP contribution in [0.3, 0.4) is 0 Å². The summed E-state index contributed by atoms with van der Waals surface area (Å²) in [5.74, 6) is -1.17. The average molecular weight is 173 g/mol. The van der Waals surface area contributed by atoms with Crippen molar-refractivity contribution in [3.63, 3.8) is 0 Å². The fourth-order valence-corrected chi connectivity index (χ4v) is 0.809. The van der Waals surface area contributed by atoms with Crippen molar-refractivity contribution in [1.82, 2.24) is 0 Å². The van der Waals surface area contributed by atoms with E-state index < -0.39 is 12.0 Å². The number of unbranched alkanes of at least 4 members (excludes halogenated alkanes) is 1. The second-order valence-corrected chi connectivity index (χ2v) is 2.79. The molecule has 1 atom stereocenters. The van der Waals surface area contributed by atoms with Crippen LogP contribution in [0.15, 0.2) is 0 Å². The van der Waals surface area contributed by atoms with Crippen molar-refractivity contribution in [2.75, 3.05) is 0 Å². The highest BCUT2D eigenvalue weighted by atomic mass is 16.4. The van der Waals surface area contributed by atoms with Gasteiger partial charge in [-0.3, -0.25) is 9.59 Å². The first-order chi connectivity index (χ1) is 5.57. The van der Waals surface area contributed by atoms with Crippen molar-refractivity contribution in [3.8, 4) is 0 Å². The predicted octanol–water partition coefficient (Wildman–Crippen LogP) is 0.548. The molecule has 3 N–H and O–H groups in total.